The van der Waals surface area contributed by atoms with Gasteiger partial charge >= 0.3 is 5.97 Å². The Morgan fingerprint density at radius 3 is 2.60 bits per heavy atom. The molecule has 1 aromatic carbocycles. The monoisotopic (exact) mass is 436 g/mol. The van der Waals surface area contributed by atoms with Gasteiger partial charge in [-0.2, -0.15) is 4.31 Å². The number of rotatable bonds is 8. The number of hydrogen-bond donors (Lipinski definition) is 0. The molecular formula is C22H32N2O5S. The van der Waals surface area contributed by atoms with Gasteiger partial charge in [-0.3, -0.25) is 4.79 Å². The van der Waals surface area contributed by atoms with Gasteiger partial charge in [0.05, 0.1) is 10.5 Å². The van der Waals surface area contributed by atoms with E-state index in [0.717, 1.165) is 24.8 Å². The van der Waals surface area contributed by atoms with Crippen LogP contribution in [0.25, 0.3) is 0 Å². The lowest BCUT2D eigenvalue weighted by molar-refractivity contribution is -0.133. The third-order valence-corrected chi connectivity index (χ3v) is 7.31. The van der Waals surface area contributed by atoms with Crippen molar-refractivity contribution in [2.75, 3.05) is 26.2 Å². The van der Waals surface area contributed by atoms with Crippen molar-refractivity contribution >= 4 is 21.9 Å². The Labute approximate surface area is 179 Å². The van der Waals surface area contributed by atoms with Crippen molar-refractivity contribution in [3.63, 3.8) is 0 Å². The zero-order chi connectivity index (χ0) is 22.5. The fraction of sp³-hybridized carbons (Fsp3) is 0.545. The Hall–Kier alpha value is -2.19. The van der Waals surface area contributed by atoms with Crippen LogP contribution >= 0.6 is 0 Å². The van der Waals surface area contributed by atoms with Crippen LogP contribution in [0.4, 0.5) is 0 Å². The first-order valence-corrected chi connectivity index (χ1v) is 11.7. The lowest BCUT2D eigenvalue weighted by Gasteiger charge is -2.32. The van der Waals surface area contributed by atoms with Crippen LogP contribution in [-0.4, -0.2) is 61.8 Å². The van der Waals surface area contributed by atoms with E-state index >= 15 is 0 Å². The average molecular weight is 437 g/mol. The van der Waals surface area contributed by atoms with E-state index in [2.05, 4.69) is 6.58 Å². The van der Waals surface area contributed by atoms with Crippen LogP contribution < -0.4 is 0 Å². The fourth-order valence-corrected chi connectivity index (χ4v) is 5.27. The summed E-state index contributed by atoms with van der Waals surface area (Å²) in [5.41, 5.74) is 1.57. The highest BCUT2D eigenvalue weighted by Gasteiger charge is 2.31. The SMILES string of the molecule is C=C(C)CN(CC)C(=O)COC(=O)c1cc(S(=O)(=O)N2CCCCC2C)ccc1C. The molecule has 1 heterocycles. The molecule has 1 aliphatic rings. The lowest BCUT2D eigenvalue weighted by Crippen LogP contribution is -2.42. The molecule has 0 radical (unpaired) electrons. The first kappa shape index (κ1) is 24.1. The maximum Gasteiger partial charge on any atom is 0.338 e. The summed E-state index contributed by atoms with van der Waals surface area (Å²) in [7, 11) is -3.71. The maximum atomic E-state index is 13.1. The standard InChI is InChI=1S/C22H32N2O5S/c1-6-23(14-16(2)3)21(25)15-29-22(26)20-13-19(11-10-17(20)4)30(27,28)24-12-8-7-9-18(24)5/h10-11,13,18H,2,6-9,12,14-15H2,1,3-5H3. The molecule has 1 fully saturated rings. The van der Waals surface area contributed by atoms with Crippen LogP contribution in [0.1, 0.15) is 56.0 Å². The van der Waals surface area contributed by atoms with E-state index in [1.54, 1.807) is 17.9 Å². The molecule has 166 valence electrons. The summed E-state index contributed by atoms with van der Waals surface area (Å²) in [5, 5.41) is 0. The van der Waals surface area contributed by atoms with E-state index in [-0.39, 0.29) is 22.4 Å². The second kappa shape index (κ2) is 10.2. The molecule has 1 atom stereocenters. The van der Waals surface area contributed by atoms with Crippen LogP contribution in [-0.2, 0) is 19.6 Å². The summed E-state index contributed by atoms with van der Waals surface area (Å²) >= 11 is 0. The molecule has 0 saturated carbocycles. The first-order valence-electron chi connectivity index (χ1n) is 10.3. The number of ether oxygens (including phenoxy) is 1. The van der Waals surface area contributed by atoms with Crippen molar-refractivity contribution in [3.8, 4) is 0 Å². The van der Waals surface area contributed by atoms with Crippen LogP contribution in [0.15, 0.2) is 35.2 Å². The van der Waals surface area contributed by atoms with Crippen LogP contribution in [0.3, 0.4) is 0 Å². The van der Waals surface area contributed by atoms with Gasteiger partial charge in [0.15, 0.2) is 6.61 Å². The molecule has 30 heavy (non-hydrogen) atoms. The molecule has 1 saturated heterocycles. The Balaban J connectivity index is 2.17. The van der Waals surface area contributed by atoms with Crippen molar-refractivity contribution in [3.05, 3.63) is 41.5 Å². The molecule has 7 nitrogen and oxygen atoms in total. The van der Waals surface area contributed by atoms with Gasteiger partial charge in [-0.05, 0) is 58.2 Å². The summed E-state index contributed by atoms with van der Waals surface area (Å²) in [6.45, 7) is 12.0. The van der Waals surface area contributed by atoms with Crippen molar-refractivity contribution < 1.29 is 22.7 Å². The molecular weight excluding hydrogens is 404 g/mol. The maximum absolute atomic E-state index is 13.1. The van der Waals surface area contributed by atoms with Gasteiger partial charge in [-0.1, -0.05) is 24.6 Å². The predicted molar refractivity (Wildman–Crippen MR) is 116 cm³/mol. The number of carbonyl (C=O) groups is 2. The molecule has 1 aliphatic heterocycles. The van der Waals surface area contributed by atoms with Gasteiger partial charge in [0, 0.05) is 25.7 Å². The van der Waals surface area contributed by atoms with Gasteiger partial charge < -0.3 is 9.64 Å². The number of piperidine rings is 1. The number of sulfonamides is 1. The van der Waals surface area contributed by atoms with Crippen molar-refractivity contribution in [2.24, 2.45) is 0 Å². The topological polar surface area (TPSA) is 84.0 Å². The quantitative estimate of drug-likeness (QED) is 0.462. The summed E-state index contributed by atoms with van der Waals surface area (Å²) in [5.74, 6) is -1.03. The zero-order valence-electron chi connectivity index (χ0n) is 18.3. The van der Waals surface area contributed by atoms with Gasteiger partial charge in [-0.25, -0.2) is 13.2 Å². The van der Waals surface area contributed by atoms with E-state index in [1.165, 1.54) is 16.4 Å². The van der Waals surface area contributed by atoms with Gasteiger partial charge in [-0.15, -0.1) is 0 Å². The highest BCUT2D eigenvalue weighted by Crippen LogP contribution is 2.26. The van der Waals surface area contributed by atoms with E-state index in [0.29, 0.717) is 25.2 Å². The van der Waals surface area contributed by atoms with Gasteiger partial charge in [0.25, 0.3) is 5.91 Å². The highest BCUT2D eigenvalue weighted by molar-refractivity contribution is 7.89. The lowest BCUT2D eigenvalue weighted by atomic mass is 10.1. The minimum Gasteiger partial charge on any atom is -0.452 e. The zero-order valence-corrected chi connectivity index (χ0v) is 19.1. The number of hydrogen-bond acceptors (Lipinski definition) is 5. The highest BCUT2D eigenvalue weighted by atomic mass is 32.2. The van der Waals surface area contributed by atoms with Crippen LogP contribution in [0, 0.1) is 6.92 Å². The summed E-state index contributed by atoms with van der Waals surface area (Å²) in [6, 6.07) is 4.38. The van der Waals surface area contributed by atoms with Crippen LogP contribution in [0.5, 0.6) is 0 Å². The third-order valence-electron chi connectivity index (χ3n) is 5.30. The Morgan fingerprint density at radius 1 is 1.30 bits per heavy atom. The Kier molecular flexibility index (Phi) is 8.20. The number of esters is 1. The Morgan fingerprint density at radius 2 is 2.00 bits per heavy atom. The van der Waals surface area contributed by atoms with Gasteiger partial charge in [0.2, 0.25) is 10.0 Å². The Bertz CT molecular complexity index is 910. The van der Waals surface area contributed by atoms with E-state index in [4.69, 9.17) is 4.74 Å². The number of benzene rings is 1. The first-order chi connectivity index (χ1) is 14.1. The number of amides is 1. The van der Waals surface area contributed by atoms with Crippen LogP contribution in [0.2, 0.25) is 0 Å². The smallest absolute Gasteiger partial charge is 0.338 e. The predicted octanol–water partition coefficient (Wildman–Crippen LogP) is 3.14. The van der Waals surface area contributed by atoms with Crippen molar-refractivity contribution in [1.82, 2.24) is 9.21 Å². The summed E-state index contributed by atoms with van der Waals surface area (Å²) in [6.07, 6.45) is 2.65. The fourth-order valence-electron chi connectivity index (χ4n) is 3.54. The molecule has 1 aromatic rings. The number of likely N-dealkylation sites (N-methyl/N-ethyl adjacent to an activating group) is 1. The number of carbonyl (C=O) groups excluding carboxylic acids is 2. The van der Waals surface area contributed by atoms with Gasteiger partial charge in [0.1, 0.15) is 0 Å². The number of nitrogens with zero attached hydrogens (tertiary/aromatic N) is 2. The van der Waals surface area contributed by atoms with E-state index in [1.807, 2.05) is 20.8 Å². The molecule has 0 bridgehead atoms. The minimum absolute atomic E-state index is 0.0672. The largest absolute Gasteiger partial charge is 0.452 e. The molecule has 0 spiro atoms. The normalized spacial score (nSPS) is 17.4. The second-order valence-electron chi connectivity index (χ2n) is 7.88. The second-order valence-corrected chi connectivity index (χ2v) is 9.77. The number of aryl methyl sites for hydroxylation is 1. The van der Waals surface area contributed by atoms with Crippen molar-refractivity contribution in [1.29, 1.82) is 0 Å². The summed E-state index contributed by atoms with van der Waals surface area (Å²) in [4.78, 5) is 26.5. The molecule has 2 rings (SSSR count). The molecule has 1 unspecified atom stereocenters. The molecule has 0 N–H and O–H groups in total. The average Bonchev–Trinajstić information content (AvgIpc) is 2.70. The minimum atomic E-state index is -3.71. The molecule has 0 aromatic heterocycles. The van der Waals surface area contributed by atoms with E-state index in [9.17, 15) is 18.0 Å². The van der Waals surface area contributed by atoms with E-state index < -0.39 is 22.6 Å². The molecule has 8 heteroatoms. The van der Waals surface area contributed by atoms with Crippen molar-refractivity contribution in [2.45, 2.75) is 57.9 Å². The summed E-state index contributed by atoms with van der Waals surface area (Å²) < 4.78 is 32.9. The third kappa shape index (κ3) is 5.70. The molecule has 1 amide bonds. The molecule has 0 aliphatic carbocycles.